The summed E-state index contributed by atoms with van der Waals surface area (Å²) in [6.07, 6.45) is 2.10. The summed E-state index contributed by atoms with van der Waals surface area (Å²) in [5.41, 5.74) is 1.49. The molecule has 106 valence electrons. The maximum absolute atomic E-state index is 11.0. The molecule has 0 aliphatic carbocycles. The van der Waals surface area contributed by atoms with Gasteiger partial charge >= 0.3 is 5.97 Å². The van der Waals surface area contributed by atoms with Crippen LogP contribution in [0.15, 0.2) is 12.1 Å². The number of hydrogen-bond acceptors (Lipinski definition) is 3. The molecule has 0 aromatic carbocycles. The molecule has 2 heterocycles. The summed E-state index contributed by atoms with van der Waals surface area (Å²) >= 11 is 0. The summed E-state index contributed by atoms with van der Waals surface area (Å²) in [6.45, 7) is 6.08. The number of piperidine rings is 1. The predicted octanol–water partition coefficient (Wildman–Crippen LogP) is 2.17. The molecular formula is C16H20N2O2. The fourth-order valence-electron chi connectivity index (χ4n) is 2.31. The molecule has 1 aromatic rings. The number of aromatic nitrogens is 1. The van der Waals surface area contributed by atoms with Crippen LogP contribution >= 0.6 is 0 Å². The van der Waals surface area contributed by atoms with Gasteiger partial charge in [-0.3, -0.25) is 0 Å². The first kappa shape index (κ1) is 14.5. The van der Waals surface area contributed by atoms with Crippen molar-refractivity contribution in [1.82, 2.24) is 9.88 Å². The van der Waals surface area contributed by atoms with Gasteiger partial charge in [-0.2, -0.15) is 0 Å². The molecule has 1 N–H and O–H groups in total. The number of pyridine rings is 1. The molecule has 1 aromatic heterocycles. The van der Waals surface area contributed by atoms with Crippen molar-refractivity contribution in [2.45, 2.75) is 26.7 Å². The molecule has 1 saturated heterocycles. The second-order valence-electron chi connectivity index (χ2n) is 5.80. The zero-order valence-corrected chi connectivity index (χ0v) is 12.2. The van der Waals surface area contributed by atoms with Crippen molar-refractivity contribution in [3.63, 3.8) is 0 Å². The molecule has 0 radical (unpaired) electrons. The van der Waals surface area contributed by atoms with Gasteiger partial charge in [-0.1, -0.05) is 11.8 Å². The third-order valence-electron chi connectivity index (χ3n) is 3.77. The van der Waals surface area contributed by atoms with Crippen molar-refractivity contribution in [3.05, 3.63) is 29.1 Å². The van der Waals surface area contributed by atoms with Gasteiger partial charge in [-0.25, -0.2) is 9.78 Å². The Balaban J connectivity index is 2.22. The van der Waals surface area contributed by atoms with E-state index in [4.69, 9.17) is 5.11 Å². The average Bonchev–Trinajstić information content (AvgIpc) is 2.40. The third-order valence-corrected chi connectivity index (χ3v) is 3.77. The summed E-state index contributed by atoms with van der Waals surface area (Å²) in [5.74, 6) is 5.45. The minimum Gasteiger partial charge on any atom is -0.477 e. The fourth-order valence-corrected chi connectivity index (χ4v) is 2.31. The van der Waals surface area contributed by atoms with Crippen LogP contribution in [-0.2, 0) is 0 Å². The highest BCUT2D eigenvalue weighted by atomic mass is 16.4. The van der Waals surface area contributed by atoms with Gasteiger partial charge in [0.15, 0.2) is 0 Å². The number of hydrogen-bond donors (Lipinski definition) is 1. The van der Waals surface area contributed by atoms with E-state index in [0.717, 1.165) is 31.5 Å². The topological polar surface area (TPSA) is 53.4 Å². The van der Waals surface area contributed by atoms with E-state index in [2.05, 4.69) is 35.7 Å². The summed E-state index contributed by atoms with van der Waals surface area (Å²) in [7, 11) is 2.12. The molecule has 0 amide bonds. The number of carbonyl (C=O) groups is 1. The second kappa shape index (κ2) is 5.64. The Kier molecular flexibility index (Phi) is 4.10. The quantitative estimate of drug-likeness (QED) is 0.796. The highest BCUT2D eigenvalue weighted by Crippen LogP contribution is 2.29. The zero-order chi connectivity index (χ0) is 14.8. The Morgan fingerprint density at radius 3 is 2.65 bits per heavy atom. The Labute approximate surface area is 119 Å². The van der Waals surface area contributed by atoms with Crippen LogP contribution in [0.2, 0.25) is 0 Å². The van der Waals surface area contributed by atoms with E-state index < -0.39 is 5.97 Å². The van der Waals surface area contributed by atoms with E-state index in [-0.39, 0.29) is 11.1 Å². The zero-order valence-electron chi connectivity index (χ0n) is 12.2. The highest BCUT2D eigenvalue weighted by Gasteiger charge is 2.26. The number of likely N-dealkylation sites (tertiary alicyclic amines) is 1. The summed E-state index contributed by atoms with van der Waals surface area (Å²) < 4.78 is 0. The summed E-state index contributed by atoms with van der Waals surface area (Å²) in [6, 6.07) is 3.37. The average molecular weight is 272 g/mol. The van der Waals surface area contributed by atoms with Crippen LogP contribution in [-0.4, -0.2) is 41.1 Å². The molecule has 0 atom stereocenters. The largest absolute Gasteiger partial charge is 0.477 e. The minimum absolute atomic E-state index is 0.0209. The van der Waals surface area contributed by atoms with Crippen LogP contribution in [0.5, 0.6) is 0 Å². The molecule has 1 aliphatic rings. The molecule has 4 nitrogen and oxygen atoms in total. The van der Waals surface area contributed by atoms with E-state index in [1.165, 1.54) is 0 Å². The van der Waals surface area contributed by atoms with E-state index in [1.807, 2.05) is 6.07 Å². The number of carboxylic acids is 1. The lowest BCUT2D eigenvalue weighted by molar-refractivity contribution is 0.0690. The maximum Gasteiger partial charge on any atom is 0.354 e. The second-order valence-corrected chi connectivity index (χ2v) is 5.80. The first-order valence-corrected chi connectivity index (χ1v) is 6.82. The van der Waals surface area contributed by atoms with Gasteiger partial charge in [0.2, 0.25) is 0 Å². The van der Waals surface area contributed by atoms with Crippen LogP contribution in [0.3, 0.4) is 0 Å². The lowest BCUT2D eigenvalue weighted by atomic mass is 9.81. The van der Waals surface area contributed by atoms with Gasteiger partial charge in [0, 0.05) is 16.7 Å². The molecule has 1 fully saturated rings. The molecule has 2 rings (SSSR count). The molecule has 20 heavy (non-hydrogen) atoms. The van der Waals surface area contributed by atoms with Crippen molar-refractivity contribution in [2.24, 2.45) is 5.41 Å². The monoisotopic (exact) mass is 272 g/mol. The number of rotatable bonds is 1. The van der Waals surface area contributed by atoms with Crippen LogP contribution in [0.1, 0.15) is 41.5 Å². The predicted molar refractivity (Wildman–Crippen MR) is 77.6 cm³/mol. The van der Waals surface area contributed by atoms with Gasteiger partial charge in [0.1, 0.15) is 5.69 Å². The van der Waals surface area contributed by atoms with Crippen LogP contribution in [0.4, 0.5) is 0 Å². The molecule has 0 saturated carbocycles. The Bertz CT molecular complexity index is 576. The molecule has 0 unspecified atom stereocenters. The summed E-state index contributed by atoms with van der Waals surface area (Å²) in [5, 5.41) is 9.01. The normalized spacial score (nSPS) is 18.1. The number of aromatic carboxylic acids is 1. The van der Waals surface area contributed by atoms with E-state index in [1.54, 1.807) is 13.0 Å². The first-order chi connectivity index (χ1) is 9.38. The Morgan fingerprint density at radius 1 is 1.40 bits per heavy atom. The first-order valence-electron chi connectivity index (χ1n) is 6.82. The van der Waals surface area contributed by atoms with E-state index in [0.29, 0.717) is 5.69 Å². The molecule has 0 spiro atoms. The van der Waals surface area contributed by atoms with Gasteiger partial charge in [-0.15, -0.1) is 0 Å². The van der Waals surface area contributed by atoms with Gasteiger partial charge in [-0.05, 0) is 59.0 Å². The van der Waals surface area contributed by atoms with Crippen molar-refractivity contribution in [2.75, 3.05) is 20.1 Å². The van der Waals surface area contributed by atoms with Crippen molar-refractivity contribution in [3.8, 4) is 11.8 Å². The summed E-state index contributed by atoms with van der Waals surface area (Å²) in [4.78, 5) is 17.3. The van der Waals surface area contributed by atoms with E-state index >= 15 is 0 Å². The molecule has 0 bridgehead atoms. The number of carboxylic acid groups (broad SMARTS) is 1. The van der Waals surface area contributed by atoms with Crippen molar-refractivity contribution < 1.29 is 9.90 Å². The molecule has 4 heteroatoms. The van der Waals surface area contributed by atoms with Crippen LogP contribution in [0, 0.1) is 24.2 Å². The standard InChI is InChI=1S/C16H20N2O2/c1-12-10-13(11-14(17-12)15(19)20)4-5-16(2)6-8-18(3)9-7-16/h10-11H,6-9H2,1-3H3,(H,19,20). The molecule has 1 aliphatic heterocycles. The van der Waals surface area contributed by atoms with Crippen molar-refractivity contribution >= 4 is 5.97 Å². The Morgan fingerprint density at radius 2 is 2.05 bits per heavy atom. The highest BCUT2D eigenvalue weighted by molar-refractivity contribution is 5.85. The van der Waals surface area contributed by atoms with E-state index in [9.17, 15) is 4.79 Å². The maximum atomic E-state index is 11.0. The van der Waals surface area contributed by atoms with Crippen LogP contribution in [0.25, 0.3) is 0 Å². The van der Waals surface area contributed by atoms with Gasteiger partial charge in [0.25, 0.3) is 0 Å². The minimum atomic E-state index is -1.01. The van der Waals surface area contributed by atoms with Gasteiger partial charge in [0.05, 0.1) is 0 Å². The SMILES string of the molecule is Cc1cc(C#CC2(C)CCN(C)CC2)cc(C(=O)O)n1. The lowest BCUT2D eigenvalue weighted by Crippen LogP contribution is -2.35. The van der Waals surface area contributed by atoms with Crippen molar-refractivity contribution in [1.29, 1.82) is 0 Å². The lowest BCUT2D eigenvalue weighted by Gasteiger charge is -2.33. The fraction of sp³-hybridized carbons (Fsp3) is 0.500. The third kappa shape index (κ3) is 3.58. The van der Waals surface area contributed by atoms with Gasteiger partial charge < -0.3 is 10.0 Å². The Hall–Kier alpha value is -1.86. The van der Waals surface area contributed by atoms with Crippen LogP contribution < -0.4 is 0 Å². The number of aryl methyl sites for hydroxylation is 1. The number of nitrogens with zero attached hydrogens (tertiary/aromatic N) is 2. The molecular weight excluding hydrogens is 252 g/mol. The smallest absolute Gasteiger partial charge is 0.354 e.